The van der Waals surface area contributed by atoms with E-state index < -0.39 is 0 Å². The highest BCUT2D eigenvalue weighted by Crippen LogP contribution is 2.10. The Morgan fingerprint density at radius 1 is 1.12 bits per heavy atom. The summed E-state index contributed by atoms with van der Waals surface area (Å²) in [6.45, 7) is 4.14. The molecule has 2 atom stereocenters. The number of hydrogen-bond acceptors (Lipinski definition) is 2. The van der Waals surface area contributed by atoms with Crippen molar-refractivity contribution in [3.8, 4) is 0 Å². The van der Waals surface area contributed by atoms with Crippen molar-refractivity contribution in [1.29, 1.82) is 0 Å². The highest BCUT2D eigenvalue weighted by molar-refractivity contribution is 5.23. The lowest BCUT2D eigenvalue weighted by Gasteiger charge is -2.10. The van der Waals surface area contributed by atoms with Crippen molar-refractivity contribution in [2.24, 2.45) is 5.73 Å². The second-order valence-corrected chi connectivity index (χ2v) is 4.58. The zero-order chi connectivity index (χ0) is 12.0. The van der Waals surface area contributed by atoms with E-state index in [1.807, 2.05) is 6.92 Å². The molecule has 1 aromatic rings. The molecule has 0 fully saturated rings. The molecule has 90 valence electrons. The minimum atomic E-state index is 0.236. The van der Waals surface area contributed by atoms with Gasteiger partial charge in [-0.15, -0.1) is 0 Å². The maximum absolute atomic E-state index is 5.76. The van der Waals surface area contributed by atoms with Crippen LogP contribution in [0.1, 0.15) is 31.4 Å². The van der Waals surface area contributed by atoms with E-state index in [0.717, 1.165) is 19.3 Å². The maximum atomic E-state index is 5.76. The second kappa shape index (κ2) is 6.66. The van der Waals surface area contributed by atoms with E-state index in [9.17, 15) is 0 Å². The molecule has 2 unspecified atom stereocenters. The standard InChI is InChI=1S/C14H23NO/c1-11(15)10-14-8-6-13(7-9-14)5-4-12(2)16-3/h6-9,11-12H,4-5,10,15H2,1-3H3. The number of methoxy groups -OCH3 is 1. The molecule has 16 heavy (non-hydrogen) atoms. The largest absolute Gasteiger partial charge is 0.382 e. The fraction of sp³-hybridized carbons (Fsp3) is 0.571. The molecule has 0 aliphatic heterocycles. The number of benzene rings is 1. The van der Waals surface area contributed by atoms with Gasteiger partial charge in [-0.05, 0) is 44.2 Å². The third-order valence-electron chi connectivity index (χ3n) is 2.82. The topological polar surface area (TPSA) is 35.2 Å². The molecular weight excluding hydrogens is 198 g/mol. The van der Waals surface area contributed by atoms with Gasteiger partial charge in [0, 0.05) is 13.2 Å². The lowest BCUT2D eigenvalue weighted by Crippen LogP contribution is -2.17. The first-order valence-electron chi connectivity index (χ1n) is 5.98. The zero-order valence-corrected chi connectivity index (χ0v) is 10.6. The highest BCUT2D eigenvalue weighted by atomic mass is 16.5. The van der Waals surface area contributed by atoms with Crippen LogP contribution in [0.15, 0.2) is 24.3 Å². The molecule has 1 rings (SSSR count). The summed E-state index contributed by atoms with van der Waals surface area (Å²) >= 11 is 0. The number of aryl methyl sites for hydroxylation is 1. The number of nitrogens with two attached hydrogens (primary N) is 1. The molecule has 1 aromatic carbocycles. The van der Waals surface area contributed by atoms with Crippen molar-refractivity contribution < 1.29 is 4.74 Å². The first-order valence-corrected chi connectivity index (χ1v) is 5.98. The van der Waals surface area contributed by atoms with E-state index in [1.165, 1.54) is 11.1 Å². The molecule has 2 heteroatoms. The van der Waals surface area contributed by atoms with Gasteiger partial charge in [0.2, 0.25) is 0 Å². The molecule has 2 nitrogen and oxygen atoms in total. The number of hydrogen-bond donors (Lipinski definition) is 1. The van der Waals surface area contributed by atoms with Gasteiger partial charge in [0.15, 0.2) is 0 Å². The van der Waals surface area contributed by atoms with E-state index in [1.54, 1.807) is 7.11 Å². The molecule has 0 amide bonds. The molecule has 0 bridgehead atoms. The quantitative estimate of drug-likeness (QED) is 0.801. The van der Waals surface area contributed by atoms with Crippen molar-refractivity contribution in [2.75, 3.05) is 7.11 Å². The first kappa shape index (κ1) is 13.2. The summed E-state index contributed by atoms with van der Waals surface area (Å²) in [6, 6.07) is 8.98. The fourth-order valence-electron chi connectivity index (χ4n) is 1.70. The Labute approximate surface area is 98.8 Å². The molecule has 0 spiro atoms. The number of ether oxygens (including phenoxy) is 1. The molecule has 0 aliphatic carbocycles. The molecule has 2 N–H and O–H groups in total. The van der Waals surface area contributed by atoms with Crippen molar-refractivity contribution >= 4 is 0 Å². The second-order valence-electron chi connectivity index (χ2n) is 4.58. The minimum Gasteiger partial charge on any atom is -0.382 e. The zero-order valence-electron chi connectivity index (χ0n) is 10.6. The third-order valence-corrected chi connectivity index (χ3v) is 2.82. The Kier molecular flexibility index (Phi) is 5.50. The van der Waals surface area contributed by atoms with Crippen molar-refractivity contribution in [3.05, 3.63) is 35.4 Å². The predicted molar refractivity (Wildman–Crippen MR) is 68.6 cm³/mol. The first-order chi connectivity index (χ1) is 7.61. The van der Waals surface area contributed by atoms with Gasteiger partial charge in [0.1, 0.15) is 0 Å². The van der Waals surface area contributed by atoms with Gasteiger partial charge in [0.25, 0.3) is 0 Å². The lowest BCUT2D eigenvalue weighted by atomic mass is 10.0. The van der Waals surface area contributed by atoms with E-state index in [2.05, 4.69) is 31.2 Å². The van der Waals surface area contributed by atoms with Gasteiger partial charge < -0.3 is 10.5 Å². The molecule has 0 aromatic heterocycles. The van der Waals surface area contributed by atoms with Crippen LogP contribution in [0.3, 0.4) is 0 Å². The van der Waals surface area contributed by atoms with Crippen molar-refractivity contribution in [1.82, 2.24) is 0 Å². The Hall–Kier alpha value is -0.860. The molecular formula is C14H23NO. The van der Waals surface area contributed by atoms with Gasteiger partial charge in [-0.25, -0.2) is 0 Å². The fourth-order valence-corrected chi connectivity index (χ4v) is 1.70. The summed E-state index contributed by atoms with van der Waals surface area (Å²) in [7, 11) is 1.76. The molecule has 0 aliphatic rings. The maximum Gasteiger partial charge on any atom is 0.0546 e. The average molecular weight is 221 g/mol. The van der Waals surface area contributed by atoms with Crippen LogP contribution in [0.5, 0.6) is 0 Å². The third kappa shape index (κ3) is 4.77. The Morgan fingerprint density at radius 2 is 1.69 bits per heavy atom. The molecule has 0 heterocycles. The van der Waals surface area contributed by atoms with Gasteiger partial charge >= 0.3 is 0 Å². The van der Waals surface area contributed by atoms with Crippen LogP contribution >= 0.6 is 0 Å². The smallest absolute Gasteiger partial charge is 0.0546 e. The minimum absolute atomic E-state index is 0.236. The summed E-state index contributed by atoms with van der Waals surface area (Å²) in [5.41, 5.74) is 8.45. The Morgan fingerprint density at radius 3 is 2.19 bits per heavy atom. The van der Waals surface area contributed by atoms with Crippen LogP contribution in [-0.4, -0.2) is 19.3 Å². The van der Waals surface area contributed by atoms with Gasteiger partial charge in [-0.1, -0.05) is 24.3 Å². The van der Waals surface area contributed by atoms with Crippen LogP contribution < -0.4 is 5.73 Å². The van der Waals surface area contributed by atoms with Gasteiger partial charge in [-0.2, -0.15) is 0 Å². The SMILES string of the molecule is COC(C)CCc1ccc(CC(C)N)cc1. The Balaban J connectivity index is 2.45. The molecule has 0 radical (unpaired) electrons. The van der Waals surface area contributed by atoms with Crippen LogP contribution in [-0.2, 0) is 17.6 Å². The van der Waals surface area contributed by atoms with Crippen LogP contribution in [0.25, 0.3) is 0 Å². The van der Waals surface area contributed by atoms with Crippen LogP contribution in [0.2, 0.25) is 0 Å². The summed E-state index contributed by atoms with van der Waals surface area (Å²) in [6.07, 6.45) is 3.44. The summed E-state index contributed by atoms with van der Waals surface area (Å²) in [4.78, 5) is 0. The summed E-state index contributed by atoms with van der Waals surface area (Å²) in [5, 5.41) is 0. The lowest BCUT2D eigenvalue weighted by molar-refractivity contribution is 0.111. The van der Waals surface area contributed by atoms with Crippen LogP contribution in [0.4, 0.5) is 0 Å². The van der Waals surface area contributed by atoms with E-state index >= 15 is 0 Å². The van der Waals surface area contributed by atoms with E-state index in [-0.39, 0.29) is 6.04 Å². The summed E-state index contributed by atoms with van der Waals surface area (Å²) in [5.74, 6) is 0. The molecule has 0 saturated heterocycles. The number of rotatable bonds is 6. The van der Waals surface area contributed by atoms with Crippen molar-refractivity contribution in [3.63, 3.8) is 0 Å². The average Bonchev–Trinajstić information content (AvgIpc) is 2.27. The van der Waals surface area contributed by atoms with E-state index in [0.29, 0.717) is 6.10 Å². The molecule has 0 saturated carbocycles. The Bertz CT molecular complexity index is 292. The normalized spacial score (nSPS) is 14.8. The predicted octanol–water partition coefficient (Wildman–Crippen LogP) is 2.54. The van der Waals surface area contributed by atoms with Gasteiger partial charge in [-0.3, -0.25) is 0 Å². The van der Waals surface area contributed by atoms with E-state index in [4.69, 9.17) is 10.5 Å². The highest BCUT2D eigenvalue weighted by Gasteiger charge is 2.01. The summed E-state index contributed by atoms with van der Waals surface area (Å²) < 4.78 is 5.23. The van der Waals surface area contributed by atoms with Crippen LogP contribution in [0, 0.1) is 0 Å². The van der Waals surface area contributed by atoms with Gasteiger partial charge in [0.05, 0.1) is 6.10 Å². The monoisotopic (exact) mass is 221 g/mol. The van der Waals surface area contributed by atoms with Crippen molar-refractivity contribution in [2.45, 2.75) is 45.3 Å².